The zero-order valence-electron chi connectivity index (χ0n) is 17.2. The number of fused-ring (bicyclic) bond motifs is 2. The van der Waals surface area contributed by atoms with Crippen molar-refractivity contribution >= 4 is 28.0 Å². The lowest BCUT2D eigenvalue weighted by Gasteiger charge is -2.34. The quantitative estimate of drug-likeness (QED) is 0.439. The Morgan fingerprint density at radius 1 is 1.12 bits per heavy atom. The fourth-order valence-corrected chi connectivity index (χ4v) is 4.14. The highest BCUT2D eigenvalue weighted by Gasteiger charge is 2.26. The van der Waals surface area contributed by atoms with Crippen LogP contribution in [0.5, 0.6) is 0 Å². The van der Waals surface area contributed by atoms with Crippen LogP contribution in [-0.4, -0.2) is 60.3 Å². The summed E-state index contributed by atoms with van der Waals surface area (Å²) in [7, 11) is 0. The predicted octanol–water partition coefficient (Wildman–Crippen LogP) is 3.12. The second-order valence-electron chi connectivity index (χ2n) is 7.69. The van der Waals surface area contributed by atoms with Gasteiger partial charge in [0, 0.05) is 36.1 Å². The lowest BCUT2D eigenvalue weighted by Crippen LogP contribution is -2.44. The number of hydrogen-bond acceptors (Lipinski definition) is 7. The maximum atomic E-state index is 14.5. The summed E-state index contributed by atoms with van der Waals surface area (Å²) in [4.78, 5) is 27.8. The van der Waals surface area contributed by atoms with E-state index in [9.17, 15) is 4.39 Å². The smallest absolute Gasteiger partial charge is 0.237 e. The molecule has 6 heterocycles. The summed E-state index contributed by atoms with van der Waals surface area (Å²) in [5, 5.41) is 0.909. The van der Waals surface area contributed by atoms with Gasteiger partial charge in [-0.2, -0.15) is 4.39 Å². The molecule has 0 aliphatic carbocycles. The summed E-state index contributed by atoms with van der Waals surface area (Å²) < 4.78 is 21.8. The number of rotatable bonds is 3. The highest BCUT2D eigenvalue weighted by molar-refractivity contribution is 5.94. The molecular weight excluding hydrogens is 411 g/mol. The summed E-state index contributed by atoms with van der Waals surface area (Å²) in [6, 6.07) is 7.28. The highest BCUT2D eigenvalue weighted by atomic mass is 19.1. The lowest BCUT2D eigenvalue weighted by atomic mass is 10.1. The number of aromatic amines is 1. The van der Waals surface area contributed by atoms with Crippen LogP contribution >= 0.6 is 0 Å². The number of anilines is 1. The van der Waals surface area contributed by atoms with Gasteiger partial charge in [0.2, 0.25) is 5.95 Å². The van der Waals surface area contributed by atoms with Crippen molar-refractivity contribution < 1.29 is 9.13 Å². The molecule has 0 radical (unpaired) electrons. The predicted molar refractivity (Wildman–Crippen MR) is 117 cm³/mol. The van der Waals surface area contributed by atoms with Crippen LogP contribution in [-0.2, 0) is 4.74 Å². The molecule has 5 aromatic heterocycles. The van der Waals surface area contributed by atoms with Crippen molar-refractivity contribution in [3.63, 3.8) is 0 Å². The van der Waals surface area contributed by atoms with E-state index < -0.39 is 5.95 Å². The SMILES string of the molecule is C[C@@H]1COCCN1c1nc(-c2ccnc3[nH]ccc23)nc2c1ncn2-c1cccnc1F. The third-order valence-corrected chi connectivity index (χ3v) is 5.72. The van der Waals surface area contributed by atoms with Crippen molar-refractivity contribution in [2.75, 3.05) is 24.7 Å². The van der Waals surface area contributed by atoms with Crippen LogP contribution < -0.4 is 4.90 Å². The lowest BCUT2D eigenvalue weighted by molar-refractivity contribution is 0.0987. The molecule has 0 spiro atoms. The van der Waals surface area contributed by atoms with Gasteiger partial charge in [-0.1, -0.05) is 0 Å². The zero-order valence-corrected chi connectivity index (χ0v) is 17.2. The monoisotopic (exact) mass is 430 g/mol. The molecule has 0 unspecified atom stereocenters. The van der Waals surface area contributed by atoms with Crippen molar-refractivity contribution in [2.45, 2.75) is 13.0 Å². The molecule has 0 saturated carbocycles. The van der Waals surface area contributed by atoms with Gasteiger partial charge in [-0.05, 0) is 31.2 Å². The number of aromatic nitrogens is 7. The molecule has 10 heteroatoms. The molecule has 1 aliphatic rings. The third-order valence-electron chi connectivity index (χ3n) is 5.72. The van der Waals surface area contributed by atoms with Crippen molar-refractivity contribution in [1.29, 1.82) is 0 Å². The van der Waals surface area contributed by atoms with Crippen molar-refractivity contribution in [2.24, 2.45) is 0 Å². The van der Waals surface area contributed by atoms with E-state index in [1.54, 1.807) is 29.2 Å². The van der Waals surface area contributed by atoms with Gasteiger partial charge in [0.25, 0.3) is 0 Å². The van der Waals surface area contributed by atoms with Crippen LogP contribution in [0.15, 0.2) is 49.2 Å². The van der Waals surface area contributed by atoms with E-state index in [0.717, 1.165) is 16.6 Å². The number of hydrogen-bond donors (Lipinski definition) is 1. The van der Waals surface area contributed by atoms with Crippen LogP contribution in [0, 0.1) is 5.95 Å². The molecule has 32 heavy (non-hydrogen) atoms. The molecule has 1 saturated heterocycles. The number of nitrogens with zero attached hydrogens (tertiary/aromatic N) is 7. The second-order valence-corrected chi connectivity index (χ2v) is 7.69. The Bertz CT molecular complexity index is 1440. The van der Waals surface area contributed by atoms with Crippen molar-refractivity contribution in [3.05, 3.63) is 55.1 Å². The topological polar surface area (TPSA) is 97.6 Å². The van der Waals surface area contributed by atoms with Gasteiger partial charge >= 0.3 is 0 Å². The minimum absolute atomic E-state index is 0.111. The Balaban J connectivity index is 1.64. The van der Waals surface area contributed by atoms with Gasteiger partial charge in [-0.15, -0.1) is 0 Å². The van der Waals surface area contributed by atoms with E-state index in [1.165, 1.54) is 6.20 Å². The summed E-state index contributed by atoms with van der Waals surface area (Å²) in [6.07, 6.45) is 6.53. The van der Waals surface area contributed by atoms with E-state index in [4.69, 9.17) is 14.7 Å². The Morgan fingerprint density at radius 3 is 2.94 bits per heavy atom. The number of H-pyrrole nitrogens is 1. The number of imidazole rings is 1. The van der Waals surface area contributed by atoms with E-state index in [0.29, 0.717) is 42.6 Å². The highest BCUT2D eigenvalue weighted by Crippen LogP contribution is 2.32. The van der Waals surface area contributed by atoms with Gasteiger partial charge in [-0.25, -0.2) is 24.9 Å². The molecule has 1 fully saturated rings. The second kappa shape index (κ2) is 7.34. The fourth-order valence-electron chi connectivity index (χ4n) is 4.14. The molecule has 5 aromatic rings. The van der Waals surface area contributed by atoms with E-state index in [-0.39, 0.29) is 11.7 Å². The Morgan fingerprint density at radius 2 is 2.06 bits per heavy atom. The molecule has 1 atom stereocenters. The van der Waals surface area contributed by atoms with Crippen molar-refractivity contribution in [1.82, 2.24) is 34.5 Å². The van der Waals surface area contributed by atoms with Crippen LogP contribution in [0.2, 0.25) is 0 Å². The van der Waals surface area contributed by atoms with Gasteiger partial charge in [-0.3, -0.25) is 4.57 Å². The minimum atomic E-state index is -0.592. The fraction of sp³-hybridized carbons (Fsp3) is 0.227. The van der Waals surface area contributed by atoms with E-state index >= 15 is 0 Å². The van der Waals surface area contributed by atoms with Gasteiger partial charge in [0.15, 0.2) is 22.8 Å². The van der Waals surface area contributed by atoms with E-state index in [1.807, 2.05) is 18.3 Å². The van der Waals surface area contributed by atoms with Crippen LogP contribution in [0.4, 0.5) is 10.2 Å². The number of pyridine rings is 2. The average Bonchev–Trinajstić information content (AvgIpc) is 3.46. The molecular formula is C22H19FN8O. The molecule has 0 bridgehead atoms. The summed E-state index contributed by atoms with van der Waals surface area (Å²) in [5.74, 6) is 0.624. The maximum Gasteiger partial charge on any atom is 0.237 e. The van der Waals surface area contributed by atoms with Crippen LogP contribution in [0.1, 0.15) is 6.92 Å². The molecule has 6 rings (SSSR count). The van der Waals surface area contributed by atoms with Gasteiger partial charge < -0.3 is 14.6 Å². The largest absolute Gasteiger partial charge is 0.377 e. The minimum Gasteiger partial charge on any atom is -0.377 e. The standard InChI is InChI=1S/C22H19FN8O/c1-13-11-32-10-9-30(13)21-17-22(31(12-27-17)16-3-2-6-24-18(16)23)29-20(28-21)15-5-8-26-19-14(15)4-7-25-19/h2-8,12-13H,9-11H2,1H3,(H,25,26)/t13-/m1/s1. The van der Waals surface area contributed by atoms with Gasteiger partial charge in [0.05, 0.1) is 19.3 Å². The van der Waals surface area contributed by atoms with Gasteiger partial charge in [0.1, 0.15) is 17.7 Å². The molecule has 0 amide bonds. The Labute approximate surface area is 181 Å². The number of morpholine rings is 1. The van der Waals surface area contributed by atoms with Crippen molar-refractivity contribution in [3.8, 4) is 17.1 Å². The molecule has 9 nitrogen and oxygen atoms in total. The Hall–Kier alpha value is -3.92. The number of nitrogens with one attached hydrogen (secondary N) is 1. The summed E-state index contributed by atoms with van der Waals surface area (Å²) in [5.41, 5.74) is 2.97. The Kier molecular flexibility index (Phi) is 4.32. The molecule has 160 valence electrons. The first-order valence-electron chi connectivity index (χ1n) is 10.3. The summed E-state index contributed by atoms with van der Waals surface area (Å²) in [6.45, 7) is 3.95. The normalized spacial score (nSPS) is 16.8. The average molecular weight is 430 g/mol. The summed E-state index contributed by atoms with van der Waals surface area (Å²) >= 11 is 0. The van der Waals surface area contributed by atoms with E-state index in [2.05, 4.69) is 31.8 Å². The number of halogens is 1. The first-order valence-corrected chi connectivity index (χ1v) is 10.3. The van der Waals surface area contributed by atoms with Crippen LogP contribution in [0.25, 0.3) is 39.3 Å². The zero-order chi connectivity index (χ0) is 21.7. The third kappa shape index (κ3) is 2.91. The molecule has 1 aliphatic heterocycles. The maximum absolute atomic E-state index is 14.5. The first-order chi connectivity index (χ1) is 15.7. The molecule has 0 aromatic carbocycles. The first kappa shape index (κ1) is 18.8. The number of ether oxygens (including phenoxy) is 1. The molecule has 1 N–H and O–H groups in total. The van der Waals surface area contributed by atoms with Crippen LogP contribution in [0.3, 0.4) is 0 Å².